The van der Waals surface area contributed by atoms with Gasteiger partial charge in [-0.2, -0.15) is 0 Å². The summed E-state index contributed by atoms with van der Waals surface area (Å²) >= 11 is 8.05. The van der Waals surface area contributed by atoms with Gasteiger partial charge in [-0.05, 0) is 62.5 Å². The van der Waals surface area contributed by atoms with Crippen molar-refractivity contribution in [2.45, 2.75) is 39.0 Å². The largest absolute Gasteiger partial charge is 0.462 e. The number of nitro groups is 1. The first-order valence-electron chi connectivity index (χ1n) is 10.5. The number of carbonyl (C=O) groups excluding carboxylic acids is 2. The standard InChI is InChI=1S/C22H21N3O5S3/c1-2-30-21(27)18-14-6-4-3-5-7-16(14)33-20(18)24-22(31)23-19(26)17-11-12-10-13(25(28)29)8-9-15(12)32-17/h8-11H,2-7H2,1H3,(H2,23,24,26,31). The number of amides is 1. The van der Waals surface area contributed by atoms with Gasteiger partial charge >= 0.3 is 5.97 Å². The number of aryl methyl sites for hydroxylation is 1. The van der Waals surface area contributed by atoms with Gasteiger partial charge < -0.3 is 10.1 Å². The van der Waals surface area contributed by atoms with Crippen molar-refractivity contribution in [2.75, 3.05) is 11.9 Å². The molecule has 2 heterocycles. The second-order valence-electron chi connectivity index (χ2n) is 7.49. The minimum atomic E-state index is -0.473. The molecule has 1 aromatic carbocycles. The third-order valence-electron chi connectivity index (χ3n) is 5.29. The molecule has 1 aliphatic rings. The molecule has 0 fully saturated rings. The van der Waals surface area contributed by atoms with Crippen LogP contribution in [0.4, 0.5) is 10.7 Å². The average molecular weight is 504 g/mol. The van der Waals surface area contributed by atoms with Crippen molar-refractivity contribution in [1.82, 2.24) is 5.32 Å². The summed E-state index contributed by atoms with van der Waals surface area (Å²) in [6, 6.07) is 6.06. The molecule has 0 saturated heterocycles. The number of carbonyl (C=O) groups is 2. The highest BCUT2D eigenvalue weighted by Gasteiger charge is 2.26. The number of benzene rings is 1. The minimum absolute atomic E-state index is 0.0339. The lowest BCUT2D eigenvalue weighted by molar-refractivity contribution is -0.384. The molecule has 2 aromatic heterocycles. The maximum atomic E-state index is 12.7. The van der Waals surface area contributed by atoms with E-state index >= 15 is 0 Å². The molecule has 0 atom stereocenters. The maximum absolute atomic E-state index is 12.7. The molecule has 2 N–H and O–H groups in total. The van der Waals surface area contributed by atoms with Crippen molar-refractivity contribution in [3.63, 3.8) is 0 Å². The van der Waals surface area contributed by atoms with E-state index in [0.717, 1.165) is 47.2 Å². The summed E-state index contributed by atoms with van der Waals surface area (Å²) in [4.78, 5) is 37.5. The van der Waals surface area contributed by atoms with Crippen LogP contribution in [0, 0.1) is 10.1 Å². The summed E-state index contributed by atoms with van der Waals surface area (Å²) in [5, 5.41) is 17.9. The highest BCUT2D eigenvalue weighted by Crippen LogP contribution is 2.38. The number of nitrogens with one attached hydrogen (secondary N) is 2. The van der Waals surface area contributed by atoms with E-state index in [2.05, 4.69) is 10.6 Å². The number of thiophene rings is 2. The van der Waals surface area contributed by atoms with Crippen LogP contribution in [0.15, 0.2) is 24.3 Å². The zero-order chi connectivity index (χ0) is 23.5. The number of ether oxygens (including phenoxy) is 1. The Morgan fingerprint density at radius 2 is 1.97 bits per heavy atom. The van der Waals surface area contributed by atoms with E-state index in [4.69, 9.17) is 17.0 Å². The Balaban J connectivity index is 1.53. The van der Waals surface area contributed by atoms with Crippen LogP contribution in [0.5, 0.6) is 0 Å². The van der Waals surface area contributed by atoms with E-state index in [1.807, 2.05) is 0 Å². The SMILES string of the molecule is CCOC(=O)c1c(NC(=S)NC(=O)c2cc3cc([N+](=O)[O-])ccc3s2)sc2c1CCCCC2. The molecule has 0 saturated carbocycles. The number of rotatable bonds is 5. The van der Waals surface area contributed by atoms with Crippen LogP contribution < -0.4 is 10.6 Å². The molecule has 33 heavy (non-hydrogen) atoms. The van der Waals surface area contributed by atoms with Crippen molar-refractivity contribution in [1.29, 1.82) is 0 Å². The van der Waals surface area contributed by atoms with Gasteiger partial charge in [0.05, 0.1) is 22.0 Å². The molecule has 11 heteroatoms. The molecule has 0 bridgehead atoms. The average Bonchev–Trinajstić information content (AvgIpc) is 3.27. The van der Waals surface area contributed by atoms with Gasteiger partial charge in [-0.1, -0.05) is 6.42 Å². The smallest absolute Gasteiger partial charge is 0.341 e. The van der Waals surface area contributed by atoms with Gasteiger partial charge in [0.25, 0.3) is 11.6 Å². The second kappa shape index (κ2) is 9.94. The van der Waals surface area contributed by atoms with Gasteiger partial charge in [-0.3, -0.25) is 20.2 Å². The van der Waals surface area contributed by atoms with Crippen molar-refractivity contribution in [2.24, 2.45) is 0 Å². The van der Waals surface area contributed by atoms with E-state index in [0.29, 0.717) is 20.8 Å². The summed E-state index contributed by atoms with van der Waals surface area (Å²) in [5.41, 5.74) is 1.48. The fourth-order valence-electron chi connectivity index (χ4n) is 3.81. The Bertz CT molecular complexity index is 1260. The van der Waals surface area contributed by atoms with E-state index < -0.39 is 10.8 Å². The van der Waals surface area contributed by atoms with E-state index in [1.165, 1.54) is 34.8 Å². The van der Waals surface area contributed by atoms with Gasteiger partial charge in [0.15, 0.2) is 5.11 Å². The minimum Gasteiger partial charge on any atom is -0.462 e. The predicted octanol–water partition coefficient (Wildman–Crippen LogP) is 5.44. The lowest BCUT2D eigenvalue weighted by atomic mass is 10.1. The number of nitrogens with zero attached hydrogens (tertiary/aromatic N) is 1. The lowest BCUT2D eigenvalue weighted by Crippen LogP contribution is -2.33. The van der Waals surface area contributed by atoms with Crippen LogP contribution in [0.3, 0.4) is 0 Å². The number of nitro benzene ring substituents is 1. The van der Waals surface area contributed by atoms with Crippen molar-refractivity contribution in [3.05, 3.63) is 55.3 Å². The Labute approximate surface area is 203 Å². The number of fused-ring (bicyclic) bond motifs is 2. The number of thiocarbonyl (C=S) groups is 1. The van der Waals surface area contributed by atoms with E-state index in [1.54, 1.807) is 19.1 Å². The molecule has 0 aliphatic heterocycles. The first-order chi connectivity index (χ1) is 15.9. The Hall–Kier alpha value is -2.89. The van der Waals surface area contributed by atoms with Crippen LogP contribution >= 0.6 is 34.9 Å². The quantitative estimate of drug-likeness (QED) is 0.157. The molecular formula is C22H21N3O5S3. The topological polar surface area (TPSA) is 111 Å². The zero-order valence-electron chi connectivity index (χ0n) is 17.8. The monoisotopic (exact) mass is 503 g/mol. The predicted molar refractivity (Wildman–Crippen MR) is 134 cm³/mol. The molecule has 3 aromatic rings. The summed E-state index contributed by atoms with van der Waals surface area (Å²) in [7, 11) is 0. The molecule has 8 nitrogen and oxygen atoms in total. The van der Waals surface area contributed by atoms with Gasteiger partial charge in [-0.15, -0.1) is 22.7 Å². The summed E-state index contributed by atoms with van der Waals surface area (Å²) in [5.74, 6) is -0.813. The first kappa shape index (κ1) is 23.3. The van der Waals surface area contributed by atoms with Gasteiger partial charge in [0.1, 0.15) is 5.00 Å². The molecule has 172 valence electrons. The zero-order valence-corrected chi connectivity index (χ0v) is 20.2. The third kappa shape index (κ3) is 5.05. The molecule has 0 spiro atoms. The van der Waals surface area contributed by atoms with Gasteiger partial charge in [-0.25, -0.2) is 4.79 Å². The fraction of sp³-hybridized carbons (Fsp3) is 0.318. The third-order valence-corrected chi connectivity index (χ3v) is 7.82. The van der Waals surface area contributed by atoms with Crippen molar-refractivity contribution >= 4 is 72.7 Å². The number of anilines is 1. The molecule has 4 rings (SSSR count). The van der Waals surface area contributed by atoms with Crippen LogP contribution in [0.1, 0.15) is 56.7 Å². The normalized spacial score (nSPS) is 13.1. The van der Waals surface area contributed by atoms with Crippen molar-refractivity contribution in [3.8, 4) is 0 Å². The number of esters is 1. The second-order valence-corrected chi connectivity index (χ2v) is 10.1. The number of non-ortho nitro benzene ring substituents is 1. The van der Waals surface area contributed by atoms with E-state index in [9.17, 15) is 19.7 Å². The fourth-order valence-corrected chi connectivity index (χ4v) is 6.28. The lowest BCUT2D eigenvalue weighted by Gasteiger charge is -2.10. The number of hydrogen-bond acceptors (Lipinski definition) is 8. The maximum Gasteiger partial charge on any atom is 0.341 e. The Morgan fingerprint density at radius 3 is 2.73 bits per heavy atom. The molecule has 0 unspecified atom stereocenters. The first-order valence-corrected chi connectivity index (χ1v) is 12.5. The van der Waals surface area contributed by atoms with Gasteiger partial charge in [0, 0.05) is 27.1 Å². The molecule has 1 amide bonds. The summed E-state index contributed by atoms with van der Waals surface area (Å²) < 4.78 is 6.04. The molecule has 1 aliphatic carbocycles. The van der Waals surface area contributed by atoms with Crippen molar-refractivity contribution < 1.29 is 19.2 Å². The summed E-state index contributed by atoms with van der Waals surface area (Å²) in [6.45, 7) is 2.04. The number of hydrogen-bond donors (Lipinski definition) is 2. The molecule has 0 radical (unpaired) electrons. The Kier molecular flexibility index (Phi) is 7.01. The molecular weight excluding hydrogens is 482 g/mol. The Morgan fingerprint density at radius 1 is 1.18 bits per heavy atom. The van der Waals surface area contributed by atoms with Gasteiger partial charge in [0.2, 0.25) is 0 Å². The van der Waals surface area contributed by atoms with Crippen LogP contribution in [-0.4, -0.2) is 28.5 Å². The van der Waals surface area contributed by atoms with Crippen LogP contribution in [0.2, 0.25) is 0 Å². The van der Waals surface area contributed by atoms with Crippen LogP contribution in [0.25, 0.3) is 10.1 Å². The highest BCUT2D eigenvalue weighted by atomic mass is 32.1. The van der Waals surface area contributed by atoms with Crippen LogP contribution in [-0.2, 0) is 17.6 Å². The summed E-state index contributed by atoms with van der Waals surface area (Å²) in [6.07, 6.45) is 4.93. The highest BCUT2D eigenvalue weighted by molar-refractivity contribution is 7.80. The van der Waals surface area contributed by atoms with E-state index in [-0.39, 0.29) is 23.4 Å².